The molecule has 1 amide bonds. The lowest BCUT2D eigenvalue weighted by molar-refractivity contribution is 0.102. The molecular formula is C23H26N4O. The van der Waals surface area contributed by atoms with Gasteiger partial charge >= 0.3 is 0 Å². The van der Waals surface area contributed by atoms with E-state index in [1.807, 2.05) is 43.3 Å². The summed E-state index contributed by atoms with van der Waals surface area (Å²) in [6.45, 7) is 6.93. The molecule has 3 rings (SSSR count). The van der Waals surface area contributed by atoms with Crippen LogP contribution in [0.25, 0.3) is 0 Å². The molecule has 0 fully saturated rings. The van der Waals surface area contributed by atoms with E-state index in [1.165, 1.54) is 5.56 Å². The monoisotopic (exact) mass is 374 g/mol. The van der Waals surface area contributed by atoms with E-state index in [2.05, 4.69) is 46.6 Å². The number of para-hydroxylation sites is 1. The molecule has 2 aromatic carbocycles. The van der Waals surface area contributed by atoms with Crippen LogP contribution in [0.5, 0.6) is 0 Å². The van der Waals surface area contributed by atoms with E-state index in [0.717, 1.165) is 23.2 Å². The van der Waals surface area contributed by atoms with Crippen molar-refractivity contribution in [1.29, 1.82) is 0 Å². The molecule has 1 heterocycles. The molecule has 0 unspecified atom stereocenters. The van der Waals surface area contributed by atoms with Gasteiger partial charge < -0.3 is 10.6 Å². The van der Waals surface area contributed by atoms with E-state index in [1.54, 1.807) is 12.3 Å². The standard InChI is InChI=1S/C23H26N4O/c1-16(2)19-11-7-8-17(3)21(19)27-22(28)20-13-15-25-23(26-20)24-14-12-18-9-5-4-6-10-18/h4-11,13,15-16H,12,14H2,1-3H3,(H,27,28)(H,24,25,26). The van der Waals surface area contributed by atoms with E-state index in [9.17, 15) is 4.79 Å². The summed E-state index contributed by atoms with van der Waals surface area (Å²) in [5, 5.41) is 6.22. The van der Waals surface area contributed by atoms with E-state index in [-0.39, 0.29) is 5.91 Å². The van der Waals surface area contributed by atoms with Gasteiger partial charge in [0.25, 0.3) is 5.91 Å². The SMILES string of the molecule is Cc1cccc(C(C)C)c1NC(=O)c1ccnc(NCCc2ccccc2)n1. The summed E-state index contributed by atoms with van der Waals surface area (Å²) in [7, 11) is 0. The van der Waals surface area contributed by atoms with Crippen LogP contribution in [0, 0.1) is 6.92 Å². The highest BCUT2D eigenvalue weighted by atomic mass is 16.1. The molecule has 3 aromatic rings. The molecule has 5 nitrogen and oxygen atoms in total. The van der Waals surface area contributed by atoms with E-state index < -0.39 is 0 Å². The third-order valence-electron chi connectivity index (χ3n) is 4.59. The van der Waals surface area contributed by atoms with Crippen LogP contribution in [-0.2, 0) is 6.42 Å². The minimum absolute atomic E-state index is 0.232. The van der Waals surface area contributed by atoms with Crippen LogP contribution in [0.2, 0.25) is 0 Å². The largest absolute Gasteiger partial charge is 0.354 e. The van der Waals surface area contributed by atoms with E-state index >= 15 is 0 Å². The first-order valence-corrected chi connectivity index (χ1v) is 9.56. The Morgan fingerprint density at radius 2 is 1.82 bits per heavy atom. The van der Waals surface area contributed by atoms with Crippen LogP contribution in [-0.4, -0.2) is 22.4 Å². The molecule has 1 aromatic heterocycles. The van der Waals surface area contributed by atoms with Crippen molar-refractivity contribution in [1.82, 2.24) is 9.97 Å². The first-order valence-electron chi connectivity index (χ1n) is 9.56. The fraction of sp³-hybridized carbons (Fsp3) is 0.261. The van der Waals surface area contributed by atoms with E-state index in [0.29, 0.717) is 24.1 Å². The zero-order chi connectivity index (χ0) is 19.9. The second-order valence-corrected chi connectivity index (χ2v) is 7.08. The summed E-state index contributed by atoms with van der Waals surface area (Å²) in [6, 6.07) is 17.9. The molecule has 0 aliphatic rings. The predicted octanol–water partition coefficient (Wildman–Crippen LogP) is 4.82. The van der Waals surface area contributed by atoms with Crippen molar-refractivity contribution in [2.75, 3.05) is 17.2 Å². The van der Waals surface area contributed by atoms with Gasteiger partial charge in [-0.05, 0) is 42.0 Å². The average molecular weight is 374 g/mol. The molecule has 0 atom stereocenters. The Morgan fingerprint density at radius 3 is 2.57 bits per heavy atom. The number of nitrogens with zero attached hydrogens (tertiary/aromatic N) is 2. The third-order valence-corrected chi connectivity index (χ3v) is 4.59. The Bertz CT molecular complexity index is 938. The number of anilines is 2. The van der Waals surface area contributed by atoms with Gasteiger partial charge in [-0.1, -0.05) is 62.4 Å². The van der Waals surface area contributed by atoms with Gasteiger partial charge in [0.15, 0.2) is 0 Å². The molecule has 5 heteroatoms. The number of aromatic nitrogens is 2. The maximum Gasteiger partial charge on any atom is 0.274 e. The van der Waals surface area contributed by atoms with Crippen LogP contribution in [0.15, 0.2) is 60.8 Å². The number of benzene rings is 2. The summed E-state index contributed by atoms with van der Waals surface area (Å²) < 4.78 is 0. The highest BCUT2D eigenvalue weighted by Gasteiger charge is 2.14. The van der Waals surface area contributed by atoms with Crippen LogP contribution in [0.4, 0.5) is 11.6 Å². The fourth-order valence-electron chi connectivity index (χ4n) is 3.05. The third kappa shape index (κ3) is 4.94. The molecule has 0 saturated heterocycles. The fourth-order valence-corrected chi connectivity index (χ4v) is 3.05. The number of carbonyl (C=O) groups excluding carboxylic acids is 1. The average Bonchev–Trinajstić information content (AvgIpc) is 2.70. The molecule has 144 valence electrons. The van der Waals surface area contributed by atoms with Crippen molar-refractivity contribution < 1.29 is 4.79 Å². The molecule has 0 aliphatic heterocycles. The van der Waals surface area contributed by atoms with Gasteiger partial charge in [-0.2, -0.15) is 0 Å². The summed E-state index contributed by atoms with van der Waals surface area (Å²) in [4.78, 5) is 21.4. The summed E-state index contributed by atoms with van der Waals surface area (Å²) in [5.74, 6) is 0.540. The van der Waals surface area contributed by atoms with Crippen molar-refractivity contribution in [3.63, 3.8) is 0 Å². The zero-order valence-electron chi connectivity index (χ0n) is 16.6. The molecule has 0 radical (unpaired) electrons. The van der Waals surface area contributed by atoms with Gasteiger partial charge in [-0.3, -0.25) is 4.79 Å². The Balaban J connectivity index is 1.67. The van der Waals surface area contributed by atoms with Crippen LogP contribution < -0.4 is 10.6 Å². The maximum absolute atomic E-state index is 12.8. The lowest BCUT2D eigenvalue weighted by Gasteiger charge is -2.16. The van der Waals surface area contributed by atoms with Crippen molar-refractivity contribution in [3.05, 3.63) is 83.2 Å². The minimum atomic E-state index is -0.232. The van der Waals surface area contributed by atoms with E-state index in [4.69, 9.17) is 0 Å². The molecule has 2 N–H and O–H groups in total. The molecule has 28 heavy (non-hydrogen) atoms. The van der Waals surface area contributed by atoms with Crippen LogP contribution in [0.3, 0.4) is 0 Å². The maximum atomic E-state index is 12.8. The lowest BCUT2D eigenvalue weighted by atomic mass is 9.98. The van der Waals surface area contributed by atoms with Crippen LogP contribution >= 0.6 is 0 Å². The zero-order valence-corrected chi connectivity index (χ0v) is 16.6. The van der Waals surface area contributed by atoms with Crippen molar-refractivity contribution in [2.45, 2.75) is 33.1 Å². The Morgan fingerprint density at radius 1 is 1.04 bits per heavy atom. The summed E-state index contributed by atoms with van der Waals surface area (Å²) in [6.07, 6.45) is 2.47. The number of rotatable bonds is 7. The highest BCUT2D eigenvalue weighted by molar-refractivity contribution is 6.03. The van der Waals surface area contributed by atoms with Crippen molar-refractivity contribution >= 4 is 17.5 Å². The number of aryl methyl sites for hydroxylation is 1. The molecule has 0 bridgehead atoms. The van der Waals surface area contributed by atoms with Gasteiger partial charge in [-0.25, -0.2) is 9.97 Å². The normalized spacial score (nSPS) is 10.7. The quantitative estimate of drug-likeness (QED) is 0.622. The van der Waals surface area contributed by atoms with Crippen molar-refractivity contribution in [3.8, 4) is 0 Å². The summed E-state index contributed by atoms with van der Waals surface area (Å²) >= 11 is 0. The van der Waals surface area contributed by atoms with Gasteiger partial charge in [0.05, 0.1) is 0 Å². The lowest BCUT2D eigenvalue weighted by Crippen LogP contribution is -2.17. The van der Waals surface area contributed by atoms with Gasteiger partial charge in [0.1, 0.15) is 5.69 Å². The number of carbonyl (C=O) groups is 1. The second kappa shape index (κ2) is 9.13. The van der Waals surface area contributed by atoms with Crippen molar-refractivity contribution in [2.24, 2.45) is 0 Å². The van der Waals surface area contributed by atoms with Crippen LogP contribution in [0.1, 0.15) is 46.9 Å². The summed E-state index contributed by atoms with van der Waals surface area (Å²) in [5.41, 5.74) is 4.60. The first kappa shape index (κ1) is 19.5. The Hall–Kier alpha value is -3.21. The number of hydrogen-bond donors (Lipinski definition) is 2. The Kier molecular flexibility index (Phi) is 6.37. The molecular weight excluding hydrogens is 348 g/mol. The molecule has 0 spiro atoms. The second-order valence-electron chi connectivity index (χ2n) is 7.08. The number of amides is 1. The minimum Gasteiger partial charge on any atom is -0.354 e. The molecule has 0 saturated carbocycles. The number of hydrogen-bond acceptors (Lipinski definition) is 4. The molecule has 0 aliphatic carbocycles. The number of nitrogens with one attached hydrogen (secondary N) is 2. The Labute approximate surface area is 166 Å². The van der Waals surface area contributed by atoms with Gasteiger partial charge in [-0.15, -0.1) is 0 Å². The topological polar surface area (TPSA) is 66.9 Å². The predicted molar refractivity (Wildman–Crippen MR) is 114 cm³/mol. The smallest absolute Gasteiger partial charge is 0.274 e. The highest BCUT2D eigenvalue weighted by Crippen LogP contribution is 2.27. The van der Waals surface area contributed by atoms with Gasteiger partial charge in [0, 0.05) is 18.4 Å². The van der Waals surface area contributed by atoms with Gasteiger partial charge in [0.2, 0.25) is 5.95 Å². The first-order chi connectivity index (χ1) is 13.5.